The third-order valence-corrected chi connectivity index (χ3v) is 6.38. The Morgan fingerprint density at radius 1 is 1.00 bits per heavy atom. The second-order valence-electron chi connectivity index (χ2n) is 7.46. The fourth-order valence-corrected chi connectivity index (χ4v) is 4.71. The van der Waals surface area contributed by atoms with Crippen molar-refractivity contribution in [2.75, 3.05) is 25.9 Å². The maximum Gasteiger partial charge on any atom is 0.254 e. The van der Waals surface area contributed by atoms with E-state index in [2.05, 4.69) is 58.5 Å². The topological polar surface area (TPSA) is 23.6 Å². The van der Waals surface area contributed by atoms with E-state index < -0.39 is 0 Å². The number of piperidine rings is 1. The minimum Gasteiger partial charge on any atom is -0.334 e. The van der Waals surface area contributed by atoms with Gasteiger partial charge in [-0.2, -0.15) is 0 Å². The Bertz CT molecular complexity index is 746. The average molecular weight is 367 g/mol. The second-order valence-corrected chi connectivity index (χ2v) is 8.34. The Hall–Kier alpha value is -1.78. The number of carbonyl (C=O) groups is 1. The number of thioether (sulfide) groups is 1. The first-order valence-corrected chi connectivity index (χ1v) is 10.7. The van der Waals surface area contributed by atoms with Crippen LogP contribution in [-0.4, -0.2) is 47.6 Å². The normalized spacial score (nSPS) is 23.0. The van der Waals surface area contributed by atoms with Crippen molar-refractivity contribution in [3.63, 3.8) is 0 Å². The molecule has 3 nitrogen and oxygen atoms in total. The van der Waals surface area contributed by atoms with Crippen molar-refractivity contribution in [3.05, 3.63) is 65.7 Å². The summed E-state index contributed by atoms with van der Waals surface area (Å²) in [7, 11) is 0. The van der Waals surface area contributed by atoms with Gasteiger partial charge in [0.2, 0.25) is 0 Å². The number of carbonyl (C=O) groups excluding carboxylic acids is 1. The van der Waals surface area contributed by atoms with Crippen LogP contribution < -0.4 is 0 Å². The average Bonchev–Trinajstić information content (AvgIpc) is 2.99. The third kappa shape index (κ3) is 3.81. The molecule has 2 aromatic rings. The lowest BCUT2D eigenvalue weighted by Gasteiger charge is -2.36. The molecule has 0 radical (unpaired) electrons. The molecule has 2 bridgehead atoms. The van der Waals surface area contributed by atoms with Gasteiger partial charge in [0.25, 0.3) is 5.91 Å². The van der Waals surface area contributed by atoms with Crippen molar-refractivity contribution >= 4 is 17.7 Å². The summed E-state index contributed by atoms with van der Waals surface area (Å²) in [5, 5.41) is 0. The van der Waals surface area contributed by atoms with E-state index >= 15 is 0 Å². The van der Waals surface area contributed by atoms with E-state index in [9.17, 15) is 4.79 Å². The van der Waals surface area contributed by atoms with Crippen molar-refractivity contribution in [1.29, 1.82) is 0 Å². The number of benzene rings is 2. The van der Waals surface area contributed by atoms with Gasteiger partial charge < -0.3 is 4.90 Å². The van der Waals surface area contributed by atoms with E-state index in [1.165, 1.54) is 16.9 Å². The molecule has 0 N–H and O–H groups in total. The maximum atomic E-state index is 13.1. The van der Waals surface area contributed by atoms with Crippen molar-refractivity contribution in [3.8, 4) is 0 Å². The van der Waals surface area contributed by atoms with Gasteiger partial charge in [-0.3, -0.25) is 9.69 Å². The minimum atomic E-state index is 0.203. The van der Waals surface area contributed by atoms with Crippen molar-refractivity contribution in [2.45, 2.75) is 30.3 Å². The Balaban J connectivity index is 1.48. The fraction of sp³-hybridized carbons (Fsp3) is 0.409. The van der Waals surface area contributed by atoms with E-state index in [4.69, 9.17) is 0 Å². The number of fused-ring (bicyclic) bond motifs is 4. The van der Waals surface area contributed by atoms with Gasteiger partial charge >= 0.3 is 0 Å². The Morgan fingerprint density at radius 3 is 2.50 bits per heavy atom. The SMILES string of the molecule is CSc1ccc(C(=O)N2CC3CCC2CN(Cc2ccccc2)C3)cc1. The number of amides is 1. The number of hydrogen-bond donors (Lipinski definition) is 0. The summed E-state index contributed by atoms with van der Waals surface area (Å²) in [4.78, 5) is 19.0. The predicted octanol–water partition coefficient (Wildman–Crippen LogP) is 4.15. The molecule has 0 saturated carbocycles. The summed E-state index contributed by atoms with van der Waals surface area (Å²) in [5.41, 5.74) is 2.18. The molecule has 1 amide bonds. The van der Waals surface area contributed by atoms with Crippen molar-refractivity contribution < 1.29 is 4.79 Å². The van der Waals surface area contributed by atoms with Crippen LogP contribution in [0.4, 0.5) is 0 Å². The summed E-state index contributed by atoms with van der Waals surface area (Å²) >= 11 is 1.71. The molecule has 4 heteroatoms. The number of rotatable bonds is 4. The lowest BCUT2D eigenvalue weighted by molar-refractivity contribution is 0.0585. The quantitative estimate of drug-likeness (QED) is 0.760. The largest absolute Gasteiger partial charge is 0.334 e. The molecule has 26 heavy (non-hydrogen) atoms. The highest BCUT2D eigenvalue weighted by Crippen LogP contribution is 2.30. The molecule has 3 fully saturated rings. The van der Waals surface area contributed by atoms with E-state index in [0.717, 1.165) is 38.2 Å². The molecule has 3 aliphatic heterocycles. The van der Waals surface area contributed by atoms with Crippen molar-refractivity contribution in [2.24, 2.45) is 5.92 Å². The van der Waals surface area contributed by atoms with Gasteiger partial charge in [-0.15, -0.1) is 11.8 Å². The van der Waals surface area contributed by atoms with Crippen LogP contribution in [0.2, 0.25) is 0 Å². The summed E-state index contributed by atoms with van der Waals surface area (Å²) in [5.74, 6) is 0.792. The maximum absolute atomic E-state index is 13.1. The minimum absolute atomic E-state index is 0.203. The molecule has 0 aromatic heterocycles. The molecule has 3 saturated heterocycles. The Morgan fingerprint density at radius 2 is 1.77 bits per heavy atom. The first-order valence-electron chi connectivity index (χ1n) is 9.44. The highest BCUT2D eigenvalue weighted by molar-refractivity contribution is 7.98. The summed E-state index contributed by atoms with van der Waals surface area (Å²) in [6.45, 7) is 3.97. The molecule has 136 valence electrons. The van der Waals surface area contributed by atoms with Gasteiger partial charge in [0.1, 0.15) is 0 Å². The first-order chi connectivity index (χ1) is 12.7. The molecule has 2 unspecified atom stereocenters. The van der Waals surface area contributed by atoms with Gasteiger partial charge in [0.05, 0.1) is 0 Å². The van der Waals surface area contributed by atoms with Gasteiger partial charge in [-0.1, -0.05) is 30.3 Å². The molecule has 5 rings (SSSR count). The van der Waals surface area contributed by atoms with E-state index in [1.807, 2.05) is 12.1 Å². The second kappa shape index (κ2) is 7.85. The monoisotopic (exact) mass is 366 g/mol. The van der Waals surface area contributed by atoms with E-state index in [1.54, 1.807) is 11.8 Å². The van der Waals surface area contributed by atoms with Gasteiger partial charge in [-0.25, -0.2) is 0 Å². The predicted molar refractivity (Wildman–Crippen MR) is 107 cm³/mol. The van der Waals surface area contributed by atoms with Crippen LogP contribution in [0.15, 0.2) is 59.5 Å². The van der Waals surface area contributed by atoms with Gasteiger partial charge in [0.15, 0.2) is 0 Å². The van der Waals surface area contributed by atoms with Crippen LogP contribution in [0.25, 0.3) is 0 Å². The molecule has 0 spiro atoms. The van der Waals surface area contributed by atoms with Gasteiger partial charge in [-0.05, 0) is 54.8 Å². The number of hydrogen-bond acceptors (Lipinski definition) is 3. The molecule has 2 atom stereocenters. The van der Waals surface area contributed by atoms with Crippen LogP contribution >= 0.6 is 11.8 Å². The van der Waals surface area contributed by atoms with Crippen LogP contribution in [0.1, 0.15) is 28.8 Å². The lowest BCUT2D eigenvalue weighted by Crippen LogP contribution is -2.47. The number of nitrogens with zero attached hydrogens (tertiary/aromatic N) is 2. The Kier molecular flexibility index (Phi) is 5.32. The Labute approximate surface area is 160 Å². The molecular formula is C22H26N2OS. The zero-order valence-electron chi connectivity index (χ0n) is 15.3. The molecule has 3 aliphatic rings. The van der Waals surface area contributed by atoms with Crippen LogP contribution in [0.5, 0.6) is 0 Å². The zero-order chi connectivity index (χ0) is 17.9. The molecule has 3 heterocycles. The van der Waals surface area contributed by atoms with E-state index in [-0.39, 0.29) is 5.91 Å². The molecular weight excluding hydrogens is 340 g/mol. The van der Waals surface area contributed by atoms with Crippen LogP contribution in [0, 0.1) is 5.92 Å². The van der Waals surface area contributed by atoms with Crippen LogP contribution in [0.3, 0.4) is 0 Å². The molecule has 2 aromatic carbocycles. The summed E-state index contributed by atoms with van der Waals surface area (Å²) in [6.07, 6.45) is 4.43. The molecule has 0 aliphatic carbocycles. The smallest absolute Gasteiger partial charge is 0.254 e. The first kappa shape index (κ1) is 17.6. The third-order valence-electron chi connectivity index (χ3n) is 5.64. The highest BCUT2D eigenvalue weighted by atomic mass is 32.2. The summed E-state index contributed by atoms with van der Waals surface area (Å²) < 4.78 is 0. The van der Waals surface area contributed by atoms with Crippen molar-refractivity contribution in [1.82, 2.24) is 9.80 Å². The van der Waals surface area contributed by atoms with E-state index in [0.29, 0.717) is 12.0 Å². The fourth-order valence-electron chi connectivity index (χ4n) is 4.30. The zero-order valence-corrected chi connectivity index (χ0v) is 16.1. The standard InChI is InChI=1S/C22H26N2OS/c1-26-21-11-8-19(9-12-21)22(25)24-15-18-7-10-20(24)16-23(14-18)13-17-5-3-2-4-6-17/h2-6,8-9,11-12,18,20H,7,10,13-16H2,1H3. The highest BCUT2D eigenvalue weighted by Gasteiger charge is 2.37. The summed E-state index contributed by atoms with van der Waals surface area (Å²) in [6, 6.07) is 19.1. The van der Waals surface area contributed by atoms with Crippen LogP contribution in [-0.2, 0) is 6.54 Å². The lowest BCUT2D eigenvalue weighted by atomic mass is 9.94. The van der Waals surface area contributed by atoms with Gasteiger partial charge in [0, 0.05) is 42.7 Å².